The highest BCUT2D eigenvalue weighted by atomic mass is 35.5. The second kappa shape index (κ2) is 5.66. The minimum Gasteiger partial charge on any atom is -0.166 e. The number of halogens is 4. The van der Waals surface area contributed by atoms with E-state index in [9.17, 15) is 13.2 Å². The van der Waals surface area contributed by atoms with E-state index in [4.69, 9.17) is 11.6 Å². The highest BCUT2D eigenvalue weighted by Crippen LogP contribution is 2.33. The number of rotatable bonds is 3. The Morgan fingerprint density at radius 2 is 1.63 bits per heavy atom. The quantitative estimate of drug-likeness (QED) is 0.677. The maximum Gasteiger partial charge on any atom is 0.416 e. The van der Waals surface area contributed by atoms with Gasteiger partial charge in [-0.1, -0.05) is 48.5 Å². The van der Waals surface area contributed by atoms with E-state index in [0.29, 0.717) is 12.0 Å². The van der Waals surface area contributed by atoms with Gasteiger partial charge in [0.1, 0.15) is 0 Å². The Morgan fingerprint density at radius 1 is 0.947 bits per heavy atom. The minimum absolute atomic E-state index is 0.468. The second-order valence-electron chi connectivity index (χ2n) is 4.28. The normalized spacial score (nSPS) is 13.3. The van der Waals surface area contributed by atoms with Gasteiger partial charge in [-0.2, -0.15) is 13.2 Å². The first-order valence-electron chi connectivity index (χ1n) is 5.82. The molecule has 0 radical (unpaired) electrons. The summed E-state index contributed by atoms with van der Waals surface area (Å²) in [5.41, 5.74) is 0.823. The number of hydrogen-bond donors (Lipinski definition) is 0. The third-order valence-corrected chi connectivity index (χ3v) is 3.24. The molecule has 0 saturated carbocycles. The van der Waals surface area contributed by atoms with Crippen molar-refractivity contribution in [2.24, 2.45) is 0 Å². The van der Waals surface area contributed by atoms with Gasteiger partial charge in [-0.25, -0.2) is 0 Å². The molecule has 19 heavy (non-hydrogen) atoms. The molecule has 0 saturated heterocycles. The topological polar surface area (TPSA) is 0 Å². The van der Waals surface area contributed by atoms with Crippen LogP contribution in [-0.2, 0) is 12.6 Å². The first-order chi connectivity index (χ1) is 8.97. The Balaban J connectivity index is 2.18. The average Bonchev–Trinajstić information content (AvgIpc) is 2.39. The molecule has 1 unspecified atom stereocenters. The van der Waals surface area contributed by atoms with Crippen LogP contribution in [0, 0.1) is 0 Å². The van der Waals surface area contributed by atoms with Gasteiger partial charge < -0.3 is 0 Å². The van der Waals surface area contributed by atoms with Crippen LogP contribution in [0.25, 0.3) is 0 Å². The van der Waals surface area contributed by atoms with Crippen molar-refractivity contribution in [1.82, 2.24) is 0 Å². The Hall–Kier alpha value is -1.48. The third-order valence-electron chi connectivity index (χ3n) is 2.83. The van der Waals surface area contributed by atoms with E-state index in [2.05, 4.69) is 0 Å². The second-order valence-corrected chi connectivity index (χ2v) is 4.81. The zero-order valence-electron chi connectivity index (χ0n) is 9.99. The summed E-state index contributed by atoms with van der Waals surface area (Å²) in [4.78, 5) is 0. The first-order valence-corrected chi connectivity index (χ1v) is 6.25. The van der Waals surface area contributed by atoms with Crippen LogP contribution in [0.1, 0.15) is 22.1 Å². The molecule has 0 amide bonds. The predicted octanol–water partition coefficient (Wildman–Crippen LogP) is 5.23. The lowest BCUT2D eigenvalue weighted by molar-refractivity contribution is -0.137. The van der Waals surface area contributed by atoms with Crippen LogP contribution in [0.2, 0.25) is 0 Å². The predicted molar refractivity (Wildman–Crippen MR) is 70.2 cm³/mol. The molecule has 2 aromatic carbocycles. The molecule has 0 nitrogen and oxygen atoms in total. The fourth-order valence-electron chi connectivity index (χ4n) is 1.85. The van der Waals surface area contributed by atoms with Crippen molar-refractivity contribution >= 4 is 11.6 Å². The highest BCUT2D eigenvalue weighted by Gasteiger charge is 2.30. The fraction of sp³-hybridized carbons (Fsp3) is 0.200. The Bertz CT molecular complexity index is 535. The lowest BCUT2D eigenvalue weighted by Crippen LogP contribution is -2.06. The lowest BCUT2D eigenvalue weighted by Gasteiger charge is -2.13. The monoisotopic (exact) mass is 284 g/mol. The summed E-state index contributed by atoms with van der Waals surface area (Å²) in [7, 11) is 0. The molecule has 0 aliphatic heterocycles. The van der Waals surface area contributed by atoms with Crippen LogP contribution in [0.5, 0.6) is 0 Å². The van der Waals surface area contributed by atoms with Gasteiger partial charge in [0.25, 0.3) is 0 Å². The van der Waals surface area contributed by atoms with Crippen LogP contribution in [0.3, 0.4) is 0 Å². The zero-order valence-corrected chi connectivity index (χ0v) is 10.7. The zero-order chi connectivity index (χ0) is 13.9. The summed E-state index contributed by atoms with van der Waals surface area (Å²) in [6.07, 6.45) is -3.83. The lowest BCUT2D eigenvalue weighted by atomic mass is 10.0. The molecule has 1 atom stereocenters. The van der Waals surface area contributed by atoms with E-state index < -0.39 is 17.1 Å². The van der Waals surface area contributed by atoms with Crippen LogP contribution in [0.4, 0.5) is 13.2 Å². The van der Waals surface area contributed by atoms with Crippen molar-refractivity contribution in [2.75, 3.05) is 0 Å². The Morgan fingerprint density at radius 3 is 2.26 bits per heavy atom. The first kappa shape index (κ1) is 13.9. The fourth-order valence-corrected chi connectivity index (χ4v) is 2.16. The van der Waals surface area contributed by atoms with Crippen LogP contribution in [-0.4, -0.2) is 0 Å². The number of alkyl halides is 4. The minimum atomic E-state index is -4.33. The van der Waals surface area contributed by atoms with E-state index in [1.54, 1.807) is 6.07 Å². The van der Waals surface area contributed by atoms with Crippen molar-refractivity contribution < 1.29 is 13.2 Å². The van der Waals surface area contributed by atoms with Crippen LogP contribution in [0.15, 0.2) is 54.6 Å². The molecule has 100 valence electrons. The smallest absolute Gasteiger partial charge is 0.166 e. The van der Waals surface area contributed by atoms with Gasteiger partial charge in [0.2, 0.25) is 0 Å². The van der Waals surface area contributed by atoms with E-state index in [1.165, 1.54) is 6.07 Å². The molecule has 0 bridgehead atoms. The molecule has 0 N–H and O–H groups in total. The largest absolute Gasteiger partial charge is 0.416 e. The summed E-state index contributed by atoms with van der Waals surface area (Å²) < 4.78 is 37.8. The molecule has 0 aliphatic rings. The molecule has 4 heteroatoms. The molecule has 2 rings (SSSR count). The summed E-state index contributed by atoms with van der Waals surface area (Å²) in [5, 5.41) is -0.468. The van der Waals surface area contributed by atoms with Crippen molar-refractivity contribution in [1.29, 1.82) is 0 Å². The van der Waals surface area contributed by atoms with E-state index >= 15 is 0 Å². The molecule has 0 fully saturated rings. The maximum absolute atomic E-state index is 12.6. The van der Waals surface area contributed by atoms with Crippen LogP contribution < -0.4 is 0 Å². The molecule has 0 aliphatic carbocycles. The Kier molecular flexibility index (Phi) is 4.15. The van der Waals surface area contributed by atoms with Gasteiger partial charge in [-0.05, 0) is 23.6 Å². The maximum atomic E-state index is 12.6. The molecular formula is C15H12ClF3. The SMILES string of the molecule is FC(F)(F)c1cccc(C(Cl)Cc2ccccc2)c1. The van der Waals surface area contributed by atoms with E-state index in [1.807, 2.05) is 30.3 Å². The molecule has 0 spiro atoms. The summed E-state index contributed by atoms with van der Waals surface area (Å²) in [6.45, 7) is 0. The summed E-state index contributed by atoms with van der Waals surface area (Å²) in [6, 6.07) is 14.6. The van der Waals surface area contributed by atoms with Gasteiger partial charge in [0.05, 0.1) is 10.9 Å². The number of hydrogen-bond acceptors (Lipinski definition) is 0. The third kappa shape index (κ3) is 3.74. The molecule has 0 heterocycles. The van der Waals surface area contributed by atoms with E-state index in [0.717, 1.165) is 17.7 Å². The van der Waals surface area contributed by atoms with Crippen molar-refractivity contribution in [3.63, 3.8) is 0 Å². The molecule has 0 aromatic heterocycles. The number of benzene rings is 2. The van der Waals surface area contributed by atoms with Gasteiger partial charge in [-0.15, -0.1) is 11.6 Å². The van der Waals surface area contributed by atoms with Gasteiger partial charge in [0.15, 0.2) is 0 Å². The summed E-state index contributed by atoms with van der Waals surface area (Å²) in [5.74, 6) is 0. The van der Waals surface area contributed by atoms with Gasteiger partial charge >= 0.3 is 6.18 Å². The van der Waals surface area contributed by atoms with Gasteiger partial charge in [-0.3, -0.25) is 0 Å². The molecule has 2 aromatic rings. The summed E-state index contributed by atoms with van der Waals surface area (Å²) >= 11 is 6.20. The van der Waals surface area contributed by atoms with Crippen molar-refractivity contribution in [3.8, 4) is 0 Å². The van der Waals surface area contributed by atoms with Crippen molar-refractivity contribution in [2.45, 2.75) is 18.0 Å². The molecular weight excluding hydrogens is 273 g/mol. The highest BCUT2D eigenvalue weighted by molar-refractivity contribution is 6.20. The van der Waals surface area contributed by atoms with Gasteiger partial charge in [0, 0.05) is 0 Å². The van der Waals surface area contributed by atoms with E-state index in [-0.39, 0.29) is 0 Å². The van der Waals surface area contributed by atoms with Crippen molar-refractivity contribution in [3.05, 3.63) is 71.3 Å². The van der Waals surface area contributed by atoms with Crippen LogP contribution >= 0.6 is 11.6 Å². The Labute approximate surface area is 114 Å². The standard InChI is InChI=1S/C15H12ClF3/c16-14(9-11-5-2-1-3-6-11)12-7-4-8-13(10-12)15(17,18)19/h1-8,10,14H,9H2. The average molecular weight is 285 g/mol.